The van der Waals surface area contributed by atoms with Gasteiger partial charge in [-0.25, -0.2) is 4.98 Å². The fourth-order valence-electron chi connectivity index (χ4n) is 2.53. The summed E-state index contributed by atoms with van der Waals surface area (Å²) in [5.41, 5.74) is 2.08. The number of fused-ring (bicyclic) bond motifs is 1. The summed E-state index contributed by atoms with van der Waals surface area (Å²) >= 11 is 0. The summed E-state index contributed by atoms with van der Waals surface area (Å²) < 4.78 is 9.57. The molecule has 0 aliphatic heterocycles. The number of aryl methyl sites for hydroxylation is 2. The highest BCUT2D eigenvalue weighted by Gasteiger charge is 2.14. The van der Waals surface area contributed by atoms with E-state index < -0.39 is 8.07 Å². The van der Waals surface area contributed by atoms with Crippen molar-refractivity contribution >= 4 is 19.1 Å². The largest absolute Gasteiger partial charge is 0.361 e. The number of pyridine rings is 1. The van der Waals surface area contributed by atoms with Crippen LogP contribution < -0.4 is 0 Å². The second-order valence-electron chi connectivity index (χ2n) is 7.31. The van der Waals surface area contributed by atoms with Gasteiger partial charge in [-0.1, -0.05) is 19.6 Å². The van der Waals surface area contributed by atoms with Crippen LogP contribution in [0.1, 0.15) is 11.4 Å². The second-order valence-corrected chi connectivity index (χ2v) is 12.9. The molecule has 0 N–H and O–H groups in total. The van der Waals surface area contributed by atoms with Crippen LogP contribution in [0.2, 0.25) is 25.7 Å². The van der Waals surface area contributed by atoms with Crippen LogP contribution in [0, 0.1) is 13.8 Å². The van der Waals surface area contributed by atoms with Crippen LogP contribution in [0.4, 0.5) is 0 Å². The summed E-state index contributed by atoms with van der Waals surface area (Å²) in [6.45, 7) is 12.3. The first-order valence-corrected chi connectivity index (χ1v) is 11.9. The fraction of sp³-hybridized carbons (Fsp3) is 0.500. The minimum absolute atomic E-state index is 0.514. The predicted octanol–water partition coefficient (Wildman–Crippen LogP) is 2.94. The summed E-state index contributed by atoms with van der Waals surface area (Å²) in [6, 6.07) is 5.16. The molecule has 8 heteroatoms. The molecule has 0 saturated heterocycles. The van der Waals surface area contributed by atoms with E-state index in [2.05, 4.69) is 58.9 Å². The van der Waals surface area contributed by atoms with Crippen LogP contribution >= 0.6 is 0 Å². The van der Waals surface area contributed by atoms with Crippen molar-refractivity contribution in [1.82, 2.24) is 29.8 Å². The zero-order valence-electron chi connectivity index (χ0n) is 14.9. The Morgan fingerprint density at radius 3 is 2.62 bits per heavy atom. The van der Waals surface area contributed by atoms with Gasteiger partial charge >= 0.3 is 0 Å². The van der Waals surface area contributed by atoms with E-state index in [0.29, 0.717) is 18.4 Å². The molecule has 0 spiro atoms. The van der Waals surface area contributed by atoms with Crippen molar-refractivity contribution in [2.24, 2.45) is 0 Å². The molecule has 0 saturated carbocycles. The zero-order chi connectivity index (χ0) is 17.3. The molecular formula is C16H24N6OSi. The molecule has 3 rings (SSSR count). The summed E-state index contributed by atoms with van der Waals surface area (Å²) in [6.07, 6.45) is 2.09. The topological polar surface area (TPSA) is 70.7 Å². The van der Waals surface area contributed by atoms with Crippen molar-refractivity contribution in [3.63, 3.8) is 0 Å². The highest BCUT2D eigenvalue weighted by molar-refractivity contribution is 6.76. The van der Waals surface area contributed by atoms with Gasteiger partial charge < -0.3 is 9.30 Å². The van der Waals surface area contributed by atoms with Gasteiger partial charge in [0.1, 0.15) is 12.4 Å². The lowest BCUT2D eigenvalue weighted by molar-refractivity contribution is 0.0898. The smallest absolute Gasteiger partial charge is 0.159 e. The highest BCUT2D eigenvalue weighted by Crippen LogP contribution is 2.21. The molecule has 0 aliphatic rings. The Morgan fingerprint density at radius 1 is 1.17 bits per heavy atom. The molecule has 128 valence electrons. The van der Waals surface area contributed by atoms with E-state index in [0.717, 1.165) is 23.7 Å². The van der Waals surface area contributed by atoms with Gasteiger partial charge in [0, 0.05) is 26.3 Å². The van der Waals surface area contributed by atoms with Crippen LogP contribution in [-0.2, 0) is 11.5 Å². The van der Waals surface area contributed by atoms with Crippen molar-refractivity contribution in [2.75, 3.05) is 6.61 Å². The standard InChI is InChI=1S/C16H24N6OSi/c1-12-10-21(11-23-8-9-24(3,4)5)16-14(12)6-7-15(17-16)22-13(2)18-19-20-22/h6-7,10H,8-9,11H2,1-5H3. The maximum atomic E-state index is 5.88. The van der Waals surface area contributed by atoms with E-state index in [4.69, 9.17) is 9.72 Å². The Morgan fingerprint density at radius 2 is 1.96 bits per heavy atom. The first-order chi connectivity index (χ1) is 11.3. The van der Waals surface area contributed by atoms with Crippen LogP contribution in [0.3, 0.4) is 0 Å². The first kappa shape index (κ1) is 16.8. The van der Waals surface area contributed by atoms with Crippen LogP contribution in [0.15, 0.2) is 18.3 Å². The Bertz CT molecular complexity index is 848. The molecule has 3 aromatic rings. The number of ether oxygens (including phenoxy) is 1. The number of rotatable bonds is 6. The van der Waals surface area contributed by atoms with E-state index >= 15 is 0 Å². The van der Waals surface area contributed by atoms with E-state index in [1.165, 1.54) is 5.56 Å². The molecule has 0 atom stereocenters. The molecule has 24 heavy (non-hydrogen) atoms. The maximum Gasteiger partial charge on any atom is 0.159 e. The SMILES string of the molecule is Cc1cn(COCC[Si](C)(C)C)c2nc(-n3nnnc3C)ccc12. The third-order valence-electron chi connectivity index (χ3n) is 3.98. The van der Waals surface area contributed by atoms with Gasteiger partial charge in [0.15, 0.2) is 11.6 Å². The Hall–Kier alpha value is -2.06. The Balaban J connectivity index is 1.84. The van der Waals surface area contributed by atoms with Gasteiger partial charge in [-0.15, -0.1) is 5.10 Å². The molecule has 0 aromatic carbocycles. The maximum absolute atomic E-state index is 5.88. The van der Waals surface area contributed by atoms with Crippen molar-refractivity contribution < 1.29 is 4.74 Å². The van der Waals surface area contributed by atoms with E-state index in [9.17, 15) is 0 Å². The number of tetrazole rings is 1. The Labute approximate surface area is 142 Å². The predicted molar refractivity (Wildman–Crippen MR) is 96.0 cm³/mol. The first-order valence-electron chi connectivity index (χ1n) is 8.15. The van der Waals surface area contributed by atoms with Crippen molar-refractivity contribution in [3.8, 4) is 5.82 Å². The zero-order valence-corrected chi connectivity index (χ0v) is 15.9. The summed E-state index contributed by atoms with van der Waals surface area (Å²) in [5.74, 6) is 1.43. The molecule has 0 unspecified atom stereocenters. The quantitative estimate of drug-likeness (QED) is 0.508. The van der Waals surface area contributed by atoms with Gasteiger partial charge in [-0.05, 0) is 48.0 Å². The second kappa shape index (κ2) is 6.44. The van der Waals surface area contributed by atoms with Gasteiger partial charge in [0.05, 0.1) is 0 Å². The molecular weight excluding hydrogens is 320 g/mol. The monoisotopic (exact) mass is 344 g/mol. The average molecular weight is 344 g/mol. The number of nitrogens with zero attached hydrogens (tertiary/aromatic N) is 6. The van der Waals surface area contributed by atoms with Crippen molar-refractivity contribution in [1.29, 1.82) is 0 Å². The number of hydrogen-bond donors (Lipinski definition) is 0. The Kier molecular flexibility index (Phi) is 4.51. The number of aromatic nitrogens is 6. The van der Waals surface area contributed by atoms with Crippen molar-refractivity contribution in [3.05, 3.63) is 29.7 Å². The summed E-state index contributed by atoms with van der Waals surface area (Å²) in [5, 5.41) is 12.7. The molecule has 0 fully saturated rings. The van der Waals surface area contributed by atoms with E-state index in [1.54, 1.807) is 4.68 Å². The van der Waals surface area contributed by atoms with Gasteiger partial charge in [0.2, 0.25) is 0 Å². The lowest BCUT2D eigenvalue weighted by Gasteiger charge is -2.15. The number of hydrogen-bond acceptors (Lipinski definition) is 5. The average Bonchev–Trinajstić information content (AvgIpc) is 3.07. The van der Waals surface area contributed by atoms with Gasteiger partial charge in [-0.2, -0.15) is 4.68 Å². The lowest BCUT2D eigenvalue weighted by atomic mass is 10.2. The lowest BCUT2D eigenvalue weighted by Crippen LogP contribution is -2.22. The summed E-state index contributed by atoms with van der Waals surface area (Å²) in [7, 11) is -1.07. The van der Waals surface area contributed by atoms with E-state index in [1.807, 2.05) is 13.0 Å². The molecule has 3 heterocycles. The van der Waals surface area contributed by atoms with Crippen molar-refractivity contribution in [2.45, 2.75) is 46.3 Å². The summed E-state index contributed by atoms with van der Waals surface area (Å²) in [4.78, 5) is 4.74. The molecule has 3 aromatic heterocycles. The molecule has 0 aliphatic carbocycles. The van der Waals surface area contributed by atoms with Gasteiger partial charge in [-0.3, -0.25) is 0 Å². The minimum Gasteiger partial charge on any atom is -0.361 e. The highest BCUT2D eigenvalue weighted by atomic mass is 28.3. The molecule has 0 radical (unpaired) electrons. The normalized spacial score (nSPS) is 12.2. The van der Waals surface area contributed by atoms with Crippen LogP contribution in [0.5, 0.6) is 0 Å². The third-order valence-corrected chi connectivity index (χ3v) is 5.68. The minimum atomic E-state index is -1.07. The van der Waals surface area contributed by atoms with Crippen LogP contribution in [-0.4, -0.2) is 44.4 Å². The van der Waals surface area contributed by atoms with E-state index in [-0.39, 0.29) is 0 Å². The molecule has 7 nitrogen and oxygen atoms in total. The van der Waals surface area contributed by atoms with Gasteiger partial charge in [0.25, 0.3) is 0 Å². The molecule has 0 bridgehead atoms. The third kappa shape index (κ3) is 3.54. The fourth-order valence-corrected chi connectivity index (χ4v) is 3.29. The van der Waals surface area contributed by atoms with Crippen LogP contribution in [0.25, 0.3) is 16.9 Å². The molecule has 0 amide bonds.